The number of benzene rings is 1. The number of imide groups is 1. The Morgan fingerprint density at radius 1 is 1.12 bits per heavy atom. The van der Waals surface area contributed by atoms with Crippen LogP contribution in [0.4, 0.5) is 4.79 Å². The highest BCUT2D eigenvalue weighted by atomic mass is 32.2. The molecule has 1 aliphatic carbocycles. The molecule has 0 radical (unpaired) electrons. The minimum atomic E-state index is -4.09. The Balaban J connectivity index is 1.63. The maximum absolute atomic E-state index is 13.2. The van der Waals surface area contributed by atoms with E-state index < -0.39 is 46.2 Å². The summed E-state index contributed by atoms with van der Waals surface area (Å²) >= 11 is 0. The topological polar surface area (TPSA) is 142 Å². The third-order valence-electron chi connectivity index (χ3n) is 6.43. The molecule has 1 aromatic rings. The number of urea groups is 1. The summed E-state index contributed by atoms with van der Waals surface area (Å²) in [5, 5.41) is 15.0. The van der Waals surface area contributed by atoms with Crippen molar-refractivity contribution in [1.29, 1.82) is 0 Å². The summed E-state index contributed by atoms with van der Waals surface area (Å²) in [7, 11) is -4.09. The normalized spacial score (nSPS) is 22.7. The van der Waals surface area contributed by atoms with Crippen molar-refractivity contribution in [3.05, 3.63) is 29.3 Å². The van der Waals surface area contributed by atoms with Gasteiger partial charge in [0.25, 0.3) is 5.91 Å². The lowest BCUT2D eigenvalue weighted by molar-refractivity contribution is -0.157. The van der Waals surface area contributed by atoms with Gasteiger partial charge in [0.15, 0.2) is 6.10 Å². The average Bonchev–Trinajstić information content (AvgIpc) is 3.18. The molecular weight excluding hydrogens is 462 g/mol. The summed E-state index contributed by atoms with van der Waals surface area (Å²) < 4.78 is 32.5. The second kappa shape index (κ2) is 10.8. The van der Waals surface area contributed by atoms with Crippen molar-refractivity contribution in [2.45, 2.75) is 88.5 Å². The maximum atomic E-state index is 13.2. The number of hydrogen-bond acceptors (Lipinski definition) is 7. The Morgan fingerprint density at radius 3 is 2.44 bits per heavy atom. The molecule has 3 atom stereocenters. The summed E-state index contributed by atoms with van der Waals surface area (Å²) in [4.78, 5) is 37.3. The van der Waals surface area contributed by atoms with Gasteiger partial charge in [-0.25, -0.2) is 13.2 Å². The van der Waals surface area contributed by atoms with Crippen LogP contribution >= 0.6 is 0 Å². The zero-order valence-corrected chi connectivity index (χ0v) is 20.6. The summed E-state index contributed by atoms with van der Waals surface area (Å²) in [5.74, 6) is -1.77. The lowest BCUT2D eigenvalue weighted by atomic mass is 9.96. The molecule has 2 fully saturated rings. The molecule has 0 bridgehead atoms. The van der Waals surface area contributed by atoms with Gasteiger partial charge in [0.2, 0.25) is 10.0 Å². The number of carbonyl (C=O) groups excluding carboxylic acids is 3. The van der Waals surface area contributed by atoms with Gasteiger partial charge in [0.1, 0.15) is 6.04 Å². The number of amides is 3. The second-order valence-electron chi connectivity index (χ2n) is 9.10. The van der Waals surface area contributed by atoms with Gasteiger partial charge in [-0.1, -0.05) is 25.3 Å². The number of sulfonamides is 1. The highest BCUT2D eigenvalue weighted by Gasteiger charge is 2.45. The van der Waals surface area contributed by atoms with Gasteiger partial charge < -0.3 is 15.2 Å². The van der Waals surface area contributed by atoms with Crippen LogP contribution in [0.25, 0.3) is 0 Å². The number of carbonyl (C=O) groups is 3. The second-order valence-corrected chi connectivity index (χ2v) is 11.0. The van der Waals surface area contributed by atoms with Crippen LogP contribution in [0.3, 0.4) is 0 Å². The Morgan fingerprint density at radius 2 is 1.79 bits per heavy atom. The predicted octanol–water partition coefficient (Wildman–Crippen LogP) is 1.52. The SMILES string of the molecule is Cc1ccc(S(=O)(=O)N2CC(O)C[C@H]2C(=O)OC(C)C(=O)NC(=O)NC2CCCCC2)cc1C. The molecule has 1 aliphatic heterocycles. The van der Waals surface area contributed by atoms with Crippen molar-refractivity contribution in [3.8, 4) is 0 Å². The first-order chi connectivity index (χ1) is 16.0. The van der Waals surface area contributed by atoms with Crippen LogP contribution in [0.15, 0.2) is 23.1 Å². The molecule has 0 spiro atoms. The fraction of sp³-hybridized carbons (Fsp3) is 0.609. The van der Waals surface area contributed by atoms with Crippen molar-refractivity contribution >= 4 is 27.9 Å². The number of nitrogens with zero attached hydrogens (tertiary/aromatic N) is 1. The molecule has 2 unspecified atom stereocenters. The Bertz CT molecular complexity index is 1040. The number of aryl methyl sites for hydroxylation is 2. The smallest absolute Gasteiger partial charge is 0.325 e. The van der Waals surface area contributed by atoms with Crippen molar-refractivity contribution in [3.63, 3.8) is 0 Å². The summed E-state index contributed by atoms with van der Waals surface area (Å²) in [6.45, 7) is 4.67. The molecule has 1 aromatic carbocycles. The number of aliphatic hydroxyl groups is 1. The van der Waals surface area contributed by atoms with E-state index in [1.807, 2.05) is 6.92 Å². The molecule has 1 saturated carbocycles. The number of aliphatic hydroxyl groups excluding tert-OH is 1. The van der Waals surface area contributed by atoms with Crippen molar-refractivity contribution in [2.75, 3.05) is 6.54 Å². The third-order valence-corrected chi connectivity index (χ3v) is 8.30. The van der Waals surface area contributed by atoms with E-state index in [1.54, 1.807) is 13.0 Å². The van der Waals surface area contributed by atoms with E-state index in [4.69, 9.17) is 4.74 Å². The van der Waals surface area contributed by atoms with Gasteiger partial charge >= 0.3 is 12.0 Å². The third kappa shape index (κ3) is 6.13. The van der Waals surface area contributed by atoms with Crippen LogP contribution in [-0.4, -0.2) is 66.6 Å². The number of nitrogens with one attached hydrogen (secondary N) is 2. The number of hydrogen-bond donors (Lipinski definition) is 3. The van der Waals surface area contributed by atoms with Gasteiger partial charge in [-0.3, -0.25) is 14.9 Å². The summed E-state index contributed by atoms with van der Waals surface area (Å²) in [6, 6.07) is 2.70. The van der Waals surface area contributed by atoms with Crippen LogP contribution in [0.5, 0.6) is 0 Å². The summed E-state index contributed by atoms with van der Waals surface area (Å²) in [5.41, 5.74) is 1.69. The molecule has 0 aromatic heterocycles. The molecule has 10 nitrogen and oxygen atoms in total. The largest absolute Gasteiger partial charge is 0.451 e. The number of esters is 1. The highest BCUT2D eigenvalue weighted by Crippen LogP contribution is 2.28. The first-order valence-corrected chi connectivity index (χ1v) is 13.0. The lowest BCUT2D eigenvalue weighted by Gasteiger charge is -2.24. The van der Waals surface area contributed by atoms with Gasteiger partial charge in [-0.2, -0.15) is 4.31 Å². The molecule has 3 N–H and O–H groups in total. The Kier molecular flexibility index (Phi) is 8.32. The zero-order valence-electron chi connectivity index (χ0n) is 19.7. The van der Waals surface area contributed by atoms with Crippen LogP contribution in [0.1, 0.15) is 56.6 Å². The van der Waals surface area contributed by atoms with E-state index in [9.17, 15) is 27.9 Å². The quantitative estimate of drug-likeness (QED) is 0.508. The minimum Gasteiger partial charge on any atom is -0.451 e. The number of ether oxygens (including phenoxy) is 1. The molecule has 1 heterocycles. The standard InChI is InChI=1S/C23H33N3O7S/c1-14-9-10-19(11-15(14)2)34(31,32)26-13-18(27)12-20(26)22(29)33-16(3)21(28)25-23(30)24-17-7-5-4-6-8-17/h9-11,16-18,20,27H,4-8,12-13H2,1-3H3,(H2,24,25,28,30)/t16?,18?,20-/m0/s1. The first kappa shape index (κ1) is 26.1. The Hall–Kier alpha value is -2.50. The molecule has 188 valence electrons. The molecule has 3 rings (SSSR count). The molecular formula is C23H33N3O7S. The minimum absolute atomic E-state index is 0.00329. The van der Waals surface area contributed by atoms with E-state index in [0.29, 0.717) is 0 Å². The number of rotatable bonds is 6. The average molecular weight is 496 g/mol. The predicted molar refractivity (Wildman–Crippen MR) is 123 cm³/mol. The van der Waals surface area contributed by atoms with E-state index in [-0.39, 0.29) is 23.9 Å². The monoisotopic (exact) mass is 495 g/mol. The Labute approximate surface area is 200 Å². The van der Waals surface area contributed by atoms with Crippen LogP contribution in [0.2, 0.25) is 0 Å². The van der Waals surface area contributed by atoms with Gasteiger partial charge in [0.05, 0.1) is 11.0 Å². The van der Waals surface area contributed by atoms with Crippen molar-refractivity contribution in [2.24, 2.45) is 0 Å². The molecule has 34 heavy (non-hydrogen) atoms. The molecule has 11 heteroatoms. The van der Waals surface area contributed by atoms with E-state index in [0.717, 1.165) is 47.5 Å². The van der Waals surface area contributed by atoms with Crippen molar-refractivity contribution < 1.29 is 32.6 Å². The lowest BCUT2D eigenvalue weighted by Crippen LogP contribution is -2.49. The van der Waals surface area contributed by atoms with Gasteiger partial charge in [-0.15, -0.1) is 0 Å². The molecule has 2 aliphatic rings. The van der Waals surface area contributed by atoms with Crippen LogP contribution < -0.4 is 10.6 Å². The van der Waals surface area contributed by atoms with E-state index in [1.165, 1.54) is 19.1 Å². The fourth-order valence-electron chi connectivity index (χ4n) is 4.26. The van der Waals surface area contributed by atoms with Crippen LogP contribution in [0, 0.1) is 13.8 Å². The maximum Gasteiger partial charge on any atom is 0.325 e. The van der Waals surface area contributed by atoms with Crippen molar-refractivity contribution in [1.82, 2.24) is 14.9 Å². The van der Waals surface area contributed by atoms with Gasteiger partial charge in [-0.05, 0) is 56.9 Å². The zero-order chi connectivity index (χ0) is 25.0. The molecule has 1 saturated heterocycles. The van der Waals surface area contributed by atoms with E-state index >= 15 is 0 Å². The first-order valence-electron chi connectivity index (χ1n) is 11.6. The number of β-amino-alcohol motifs (C(OH)–C–C–N with tert-alkyl or cyclic N) is 1. The highest BCUT2D eigenvalue weighted by molar-refractivity contribution is 7.89. The molecule has 3 amide bonds. The van der Waals surface area contributed by atoms with Gasteiger partial charge in [0, 0.05) is 19.0 Å². The van der Waals surface area contributed by atoms with E-state index in [2.05, 4.69) is 10.6 Å². The van der Waals surface area contributed by atoms with Crippen LogP contribution in [-0.2, 0) is 24.3 Å². The summed E-state index contributed by atoms with van der Waals surface area (Å²) in [6.07, 6.45) is 2.32. The fourth-order valence-corrected chi connectivity index (χ4v) is 5.97.